The zero-order valence-corrected chi connectivity index (χ0v) is 15.4. The number of unbranched alkanes of at least 4 members (excludes halogenated alkanes) is 9. The van der Waals surface area contributed by atoms with Crippen LogP contribution in [0.2, 0.25) is 0 Å². The van der Waals surface area contributed by atoms with E-state index in [-0.39, 0.29) is 0 Å². The average molecular weight is 335 g/mol. The number of thiophene rings is 2. The van der Waals surface area contributed by atoms with Crippen LogP contribution in [0.1, 0.15) is 75.3 Å². The van der Waals surface area contributed by atoms with Gasteiger partial charge >= 0.3 is 0 Å². The van der Waals surface area contributed by atoms with Crippen molar-refractivity contribution in [3.8, 4) is 0 Å². The molecule has 0 amide bonds. The van der Waals surface area contributed by atoms with Crippen molar-refractivity contribution in [1.29, 1.82) is 0 Å². The fourth-order valence-corrected chi connectivity index (χ4v) is 4.35. The Kier molecular flexibility index (Phi) is 9.60. The molecule has 0 aromatic carbocycles. The maximum Gasteiger partial charge on any atom is -0.00613 e. The standard InChI is InChI=1S/C20H30S2/c1(3-5-7-9-11-19-13-15-21-17-19)2-4-6-8-10-12-20-14-16-22-18-20/h13-18H,1-12H2. The number of hydrogen-bond acceptors (Lipinski definition) is 2. The first-order chi connectivity index (χ1) is 10.9. The van der Waals surface area contributed by atoms with Gasteiger partial charge in [-0.05, 0) is 70.5 Å². The average Bonchev–Trinajstić information content (AvgIpc) is 3.21. The van der Waals surface area contributed by atoms with Gasteiger partial charge in [-0.2, -0.15) is 22.7 Å². The Balaban J connectivity index is 1.29. The third kappa shape index (κ3) is 8.14. The Hall–Kier alpha value is -0.600. The summed E-state index contributed by atoms with van der Waals surface area (Å²) in [6.07, 6.45) is 16.8. The first-order valence-corrected chi connectivity index (χ1v) is 10.9. The molecular formula is C20H30S2. The summed E-state index contributed by atoms with van der Waals surface area (Å²) in [5.41, 5.74) is 3.07. The van der Waals surface area contributed by atoms with Gasteiger partial charge in [-0.3, -0.25) is 0 Å². The van der Waals surface area contributed by atoms with Crippen LogP contribution in [-0.2, 0) is 12.8 Å². The second-order valence-corrected chi connectivity index (χ2v) is 7.86. The highest BCUT2D eigenvalue weighted by Crippen LogP contribution is 2.15. The van der Waals surface area contributed by atoms with E-state index in [1.165, 1.54) is 88.2 Å². The number of rotatable bonds is 13. The minimum Gasteiger partial charge on any atom is -0.152 e. The first kappa shape index (κ1) is 17.7. The van der Waals surface area contributed by atoms with Crippen LogP contribution in [0.5, 0.6) is 0 Å². The lowest BCUT2D eigenvalue weighted by atomic mass is 10.0. The highest BCUT2D eigenvalue weighted by molar-refractivity contribution is 7.08. The van der Waals surface area contributed by atoms with Gasteiger partial charge in [-0.1, -0.05) is 51.4 Å². The fraction of sp³-hybridized carbons (Fsp3) is 0.600. The predicted molar refractivity (Wildman–Crippen MR) is 102 cm³/mol. The zero-order chi connectivity index (χ0) is 15.3. The summed E-state index contributed by atoms with van der Waals surface area (Å²) in [6, 6.07) is 4.53. The van der Waals surface area contributed by atoms with Gasteiger partial charge in [0.05, 0.1) is 0 Å². The predicted octanol–water partition coefficient (Wildman–Crippen LogP) is 7.50. The largest absolute Gasteiger partial charge is 0.152 e. The molecule has 0 aliphatic carbocycles. The molecule has 0 nitrogen and oxygen atoms in total. The molecule has 2 aromatic heterocycles. The van der Waals surface area contributed by atoms with Crippen molar-refractivity contribution in [2.24, 2.45) is 0 Å². The lowest BCUT2D eigenvalue weighted by Crippen LogP contribution is -1.85. The van der Waals surface area contributed by atoms with E-state index in [0.717, 1.165) is 0 Å². The van der Waals surface area contributed by atoms with Gasteiger partial charge in [0, 0.05) is 0 Å². The van der Waals surface area contributed by atoms with E-state index < -0.39 is 0 Å². The van der Waals surface area contributed by atoms with Crippen molar-refractivity contribution < 1.29 is 0 Å². The van der Waals surface area contributed by atoms with E-state index in [4.69, 9.17) is 0 Å². The molecular weight excluding hydrogens is 304 g/mol. The second-order valence-electron chi connectivity index (χ2n) is 6.30. The van der Waals surface area contributed by atoms with Crippen molar-refractivity contribution in [1.82, 2.24) is 0 Å². The van der Waals surface area contributed by atoms with Gasteiger partial charge in [0.2, 0.25) is 0 Å². The summed E-state index contributed by atoms with van der Waals surface area (Å²) in [5.74, 6) is 0. The maximum atomic E-state index is 2.29. The van der Waals surface area contributed by atoms with Gasteiger partial charge in [-0.25, -0.2) is 0 Å². The SMILES string of the molecule is c1cc(CCCCCCCCCCCCc2ccsc2)cs1. The molecule has 0 bridgehead atoms. The summed E-state index contributed by atoms with van der Waals surface area (Å²) >= 11 is 3.64. The Labute approximate surface area is 144 Å². The third-order valence-corrected chi connectivity index (χ3v) is 5.81. The molecule has 122 valence electrons. The highest BCUT2D eigenvalue weighted by atomic mass is 32.1. The molecule has 0 aliphatic rings. The fourth-order valence-electron chi connectivity index (χ4n) is 2.94. The summed E-state index contributed by atoms with van der Waals surface area (Å²) in [6.45, 7) is 0. The summed E-state index contributed by atoms with van der Waals surface area (Å²) < 4.78 is 0. The van der Waals surface area contributed by atoms with Crippen LogP contribution in [0.3, 0.4) is 0 Å². The van der Waals surface area contributed by atoms with E-state index in [1.807, 2.05) is 22.7 Å². The molecule has 0 unspecified atom stereocenters. The molecule has 0 spiro atoms. The van der Waals surface area contributed by atoms with Crippen molar-refractivity contribution in [2.75, 3.05) is 0 Å². The molecule has 0 aliphatic heterocycles. The van der Waals surface area contributed by atoms with Gasteiger partial charge in [0.25, 0.3) is 0 Å². The molecule has 0 radical (unpaired) electrons. The molecule has 0 fully saturated rings. The monoisotopic (exact) mass is 334 g/mol. The van der Waals surface area contributed by atoms with Crippen LogP contribution in [0.4, 0.5) is 0 Å². The smallest absolute Gasteiger partial charge is 0.00613 e. The summed E-state index contributed by atoms with van der Waals surface area (Å²) in [7, 11) is 0. The molecule has 0 saturated heterocycles. The Bertz CT molecular complexity index is 398. The van der Waals surface area contributed by atoms with Gasteiger partial charge in [-0.15, -0.1) is 0 Å². The van der Waals surface area contributed by atoms with Crippen LogP contribution in [0.25, 0.3) is 0 Å². The molecule has 2 heterocycles. The number of hydrogen-bond donors (Lipinski definition) is 0. The Morgan fingerprint density at radius 2 is 0.864 bits per heavy atom. The Morgan fingerprint density at radius 3 is 1.18 bits per heavy atom. The van der Waals surface area contributed by atoms with Crippen molar-refractivity contribution in [3.63, 3.8) is 0 Å². The van der Waals surface area contributed by atoms with Crippen LogP contribution in [0.15, 0.2) is 33.7 Å². The van der Waals surface area contributed by atoms with Crippen LogP contribution >= 0.6 is 22.7 Å². The van der Waals surface area contributed by atoms with E-state index in [2.05, 4.69) is 33.7 Å². The minimum atomic E-state index is 1.29. The molecule has 0 N–H and O–H groups in total. The molecule has 2 heteroatoms. The first-order valence-electron chi connectivity index (χ1n) is 8.97. The van der Waals surface area contributed by atoms with Gasteiger partial charge in [0.1, 0.15) is 0 Å². The van der Waals surface area contributed by atoms with E-state index in [9.17, 15) is 0 Å². The molecule has 0 atom stereocenters. The van der Waals surface area contributed by atoms with E-state index in [0.29, 0.717) is 0 Å². The number of aryl methyl sites for hydroxylation is 2. The van der Waals surface area contributed by atoms with Crippen LogP contribution in [-0.4, -0.2) is 0 Å². The zero-order valence-electron chi connectivity index (χ0n) is 13.8. The highest BCUT2D eigenvalue weighted by Gasteiger charge is 1.96. The van der Waals surface area contributed by atoms with Gasteiger partial charge < -0.3 is 0 Å². The van der Waals surface area contributed by atoms with Gasteiger partial charge in [0.15, 0.2) is 0 Å². The van der Waals surface area contributed by atoms with Crippen molar-refractivity contribution in [2.45, 2.75) is 77.0 Å². The molecule has 2 rings (SSSR count). The lowest BCUT2D eigenvalue weighted by Gasteiger charge is -2.03. The third-order valence-electron chi connectivity index (χ3n) is 4.34. The maximum absolute atomic E-state index is 2.29. The molecule has 2 aromatic rings. The lowest BCUT2D eigenvalue weighted by molar-refractivity contribution is 0.551. The van der Waals surface area contributed by atoms with E-state index in [1.54, 1.807) is 0 Å². The minimum absolute atomic E-state index is 1.29. The summed E-state index contributed by atoms with van der Waals surface area (Å²) in [4.78, 5) is 0. The Morgan fingerprint density at radius 1 is 0.500 bits per heavy atom. The normalized spacial score (nSPS) is 11.1. The van der Waals surface area contributed by atoms with Crippen molar-refractivity contribution in [3.05, 3.63) is 44.8 Å². The quantitative estimate of drug-likeness (QED) is 0.333. The van der Waals surface area contributed by atoms with Crippen molar-refractivity contribution >= 4 is 22.7 Å². The molecule has 22 heavy (non-hydrogen) atoms. The van der Waals surface area contributed by atoms with Crippen LogP contribution in [0, 0.1) is 0 Å². The molecule has 0 saturated carbocycles. The van der Waals surface area contributed by atoms with Crippen LogP contribution < -0.4 is 0 Å². The van der Waals surface area contributed by atoms with E-state index >= 15 is 0 Å². The topological polar surface area (TPSA) is 0 Å². The summed E-state index contributed by atoms with van der Waals surface area (Å²) in [5, 5.41) is 8.96. The second kappa shape index (κ2) is 11.9.